The van der Waals surface area contributed by atoms with Crippen LogP contribution in [0.25, 0.3) is 0 Å². The molecule has 5 nitrogen and oxygen atoms in total. The van der Waals surface area contributed by atoms with E-state index in [9.17, 15) is 4.79 Å². The fraction of sp³-hybridized carbons (Fsp3) is 0.333. The van der Waals surface area contributed by atoms with Crippen LogP contribution in [0.1, 0.15) is 23.1 Å². The number of imidazole rings is 1. The highest BCUT2D eigenvalue weighted by Gasteiger charge is 2.16. The molecule has 0 radical (unpaired) electrons. The van der Waals surface area contributed by atoms with Crippen molar-refractivity contribution in [3.05, 3.63) is 42.0 Å². The molecule has 0 saturated heterocycles. The van der Waals surface area contributed by atoms with Crippen molar-refractivity contribution in [2.24, 2.45) is 0 Å². The molecule has 1 aromatic carbocycles. The first-order valence-electron chi connectivity index (χ1n) is 6.71. The number of aryl methyl sites for hydroxylation is 1. The predicted molar refractivity (Wildman–Crippen MR) is 73.4 cm³/mol. The van der Waals surface area contributed by atoms with Gasteiger partial charge in [-0.2, -0.15) is 0 Å². The van der Waals surface area contributed by atoms with Crippen LogP contribution in [0.4, 0.5) is 0 Å². The molecule has 1 aromatic heterocycles. The molecule has 0 aliphatic carbocycles. The molecule has 0 atom stereocenters. The molecule has 0 amide bonds. The molecule has 0 spiro atoms. The summed E-state index contributed by atoms with van der Waals surface area (Å²) in [6.07, 6.45) is 3.89. The van der Waals surface area contributed by atoms with Crippen LogP contribution in [0, 0.1) is 0 Å². The zero-order valence-electron chi connectivity index (χ0n) is 11.3. The molecule has 1 aliphatic heterocycles. The van der Waals surface area contributed by atoms with Gasteiger partial charge >= 0.3 is 0 Å². The van der Waals surface area contributed by atoms with Crippen LogP contribution in [0.15, 0.2) is 30.6 Å². The van der Waals surface area contributed by atoms with Gasteiger partial charge in [-0.1, -0.05) is 0 Å². The molecule has 0 saturated carbocycles. The van der Waals surface area contributed by atoms with Crippen molar-refractivity contribution in [3.63, 3.8) is 0 Å². The van der Waals surface area contributed by atoms with Gasteiger partial charge in [-0.15, -0.1) is 0 Å². The lowest BCUT2D eigenvalue weighted by molar-refractivity contribution is 0.0988. The van der Waals surface area contributed by atoms with E-state index in [0.29, 0.717) is 36.7 Å². The van der Waals surface area contributed by atoms with Crippen LogP contribution in [0.5, 0.6) is 11.5 Å². The van der Waals surface area contributed by atoms with Crippen LogP contribution in [-0.4, -0.2) is 28.5 Å². The highest BCUT2D eigenvalue weighted by molar-refractivity contribution is 5.97. The van der Waals surface area contributed by atoms with Crippen LogP contribution < -0.4 is 9.47 Å². The fourth-order valence-electron chi connectivity index (χ4n) is 2.26. The van der Waals surface area contributed by atoms with E-state index < -0.39 is 0 Å². The summed E-state index contributed by atoms with van der Waals surface area (Å²) < 4.78 is 12.9. The Morgan fingerprint density at radius 3 is 2.90 bits per heavy atom. The van der Waals surface area contributed by atoms with E-state index in [2.05, 4.69) is 4.98 Å². The van der Waals surface area contributed by atoms with Crippen molar-refractivity contribution in [2.75, 3.05) is 13.2 Å². The summed E-state index contributed by atoms with van der Waals surface area (Å²) in [5, 5.41) is 0. The van der Waals surface area contributed by atoms with Crippen LogP contribution in [0.2, 0.25) is 0 Å². The number of rotatable bonds is 4. The molecule has 104 valence electrons. The third-order valence-electron chi connectivity index (χ3n) is 3.33. The maximum atomic E-state index is 12.3. The number of hydrogen-bond donors (Lipinski definition) is 0. The lowest BCUT2D eigenvalue weighted by atomic mass is 10.1. The highest BCUT2D eigenvalue weighted by atomic mass is 16.6. The number of benzene rings is 1. The zero-order chi connectivity index (χ0) is 13.9. The number of ether oxygens (including phenoxy) is 2. The summed E-state index contributed by atoms with van der Waals surface area (Å²) in [7, 11) is 0. The van der Waals surface area contributed by atoms with Crippen molar-refractivity contribution >= 4 is 5.78 Å². The quantitative estimate of drug-likeness (QED) is 0.800. The van der Waals surface area contributed by atoms with E-state index in [1.54, 1.807) is 24.4 Å². The Bertz CT molecular complexity index is 634. The highest BCUT2D eigenvalue weighted by Crippen LogP contribution is 2.31. The Morgan fingerprint density at radius 2 is 2.10 bits per heavy atom. The van der Waals surface area contributed by atoms with Gasteiger partial charge < -0.3 is 14.0 Å². The topological polar surface area (TPSA) is 53.4 Å². The minimum atomic E-state index is 0.0304. The monoisotopic (exact) mass is 272 g/mol. The molecular weight excluding hydrogens is 256 g/mol. The van der Waals surface area contributed by atoms with E-state index in [-0.39, 0.29) is 5.78 Å². The number of aromatic nitrogens is 2. The van der Waals surface area contributed by atoms with Crippen molar-refractivity contribution in [1.29, 1.82) is 0 Å². The summed E-state index contributed by atoms with van der Waals surface area (Å²) in [5.41, 5.74) is 0.625. The third-order valence-corrected chi connectivity index (χ3v) is 3.33. The Morgan fingerprint density at radius 1 is 1.30 bits per heavy atom. The molecule has 0 bridgehead atoms. The molecular formula is C15H16N2O3. The largest absolute Gasteiger partial charge is 0.486 e. The molecule has 1 aliphatic rings. The smallest absolute Gasteiger partial charge is 0.170 e. The van der Waals surface area contributed by atoms with Gasteiger partial charge in [-0.05, 0) is 25.1 Å². The number of Topliss-reactive ketones (excluding diaryl/α,β-unsaturated/α-hetero) is 1. The van der Waals surface area contributed by atoms with Gasteiger partial charge in [-0.3, -0.25) is 4.79 Å². The summed E-state index contributed by atoms with van der Waals surface area (Å²) >= 11 is 0. The molecule has 3 rings (SSSR count). The second-order valence-corrected chi connectivity index (χ2v) is 4.59. The van der Waals surface area contributed by atoms with Gasteiger partial charge in [0.05, 0.1) is 6.42 Å². The van der Waals surface area contributed by atoms with Gasteiger partial charge in [0.1, 0.15) is 19.0 Å². The molecule has 5 heteroatoms. The summed E-state index contributed by atoms with van der Waals surface area (Å²) in [4.78, 5) is 16.5. The van der Waals surface area contributed by atoms with Gasteiger partial charge in [0.25, 0.3) is 0 Å². The summed E-state index contributed by atoms with van der Waals surface area (Å²) in [5.74, 6) is 2.15. The number of hydrogen-bond acceptors (Lipinski definition) is 4. The third kappa shape index (κ3) is 2.39. The minimum absolute atomic E-state index is 0.0304. The second kappa shape index (κ2) is 5.36. The van der Waals surface area contributed by atoms with Crippen LogP contribution >= 0.6 is 0 Å². The van der Waals surface area contributed by atoms with Gasteiger partial charge in [-0.25, -0.2) is 4.98 Å². The van der Waals surface area contributed by atoms with Crippen LogP contribution in [-0.2, 0) is 13.0 Å². The first-order valence-corrected chi connectivity index (χ1v) is 6.71. The number of nitrogens with zero attached hydrogens (tertiary/aromatic N) is 2. The number of ketones is 1. The average molecular weight is 272 g/mol. The minimum Gasteiger partial charge on any atom is -0.486 e. The average Bonchev–Trinajstić information content (AvgIpc) is 2.94. The summed E-state index contributed by atoms with van der Waals surface area (Å²) in [6, 6.07) is 5.30. The zero-order valence-corrected chi connectivity index (χ0v) is 11.3. The van der Waals surface area contributed by atoms with Gasteiger partial charge in [0.15, 0.2) is 17.3 Å². The lowest BCUT2D eigenvalue weighted by Crippen LogP contribution is -2.16. The number of fused-ring (bicyclic) bond motifs is 1. The SMILES string of the molecule is CCn1ccnc1CC(=O)c1ccc2c(c1)OCCO2. The van der Waals surface area contributed by atoms with Crippen molar-refractivity contribution in [1.82, 2.24) is 9.55 Å². The fourth-order valence-corrected chi connectivity index (χ4v) is 2.26. The normalized spacial score (nSPS) is 13.2. The maximum Gasteiger partial charge on any atom is 0.170 e. The van der Waals surface area contributed by atoms with Crippen molar-refractivity contribution in [2.45, 2.75) is 19.9 Å². The molecule has 0 unspecified atom stereocenters. The molecule has 20 heavy (non-hydrogen) atoms. The van der Waals surface area contributed by atoms with Crippen LogP contribution in [0.3, 0.4) is 0 Å². The standard InChI is InChI=1S/C15H16N2O3/c1-2-17-6-5-16-15(17)10-12(18)11-3-4-13-14(9-11)20-8-7-19-13/h3-6,9H,2,7-8,10H2,1H3. The van der Waals surface area contributed by atoms with Gasteiger partial charge in [0, 0.05) is 24.5 Å². The van der Waals surface area contributed by atoms with Gasteiger partial charge in [0.2, 0.25) is 0 Å². The Kier molecular flexibility index (Phi) is 3.41. The molecule has 2 heterocycles. The number of carbonyl (C=O) groups excluding carboxylic acids is 1. The Hall–Kier alpha value is -2.30. The molecule has 2 aromatic rings. The van der Waals surface area contributed by atoms with E-state index in [1.807, 2.05) is 17.7 Å². The van der Waals surface area contributed by atoms with Crippen molar-refractivity contribution in [3.8, 4) is 11.5 Å². The molecule has 0 fully saturated rings. The van der Waals surface area contributed by atoms with E-state index in [1.165, 1.54) is 0 Å². The van der Waals surface area contributed by atoms with E-state index in [0.717, 1.165) is 12.4 Å². The summed E-state index contributed by atoms with van der Waals surface area (Å²) in [6.45, 7) is 3.91. The molecule has 0 N–H and O–H groups in total. The lowest BCUT2D eigenvalue weighted by Gasteiger charge is -2.18. The Labute approximate surface area is 117 Å². The van der Waals surface area contributed by atoms with E-state index >= 15 is 0 Å². The Balaban J connectivity index is 1.80. The second-order valence-electron chi connectivity index (χ2n) is 4.59. The number of carbonyl (C=O) groups is 1. The van der Waals surface area contributed by atoms with Crippen molar-refractivity contribution < 1.29 is 14.3 Å². The first kappa shape index (κ1) is 12.7. The maximum absolute atomic E-state index is 12.3. The first-order chi connectivity index (χ1) is 9.78. The van der Waals surface area contributed by atoms with E-state index in [4.69, 9.17) is 9.47 Å². The predicted octanol–water partition coefficient (Wildman–Crippen LogP) is 2.10.